The van der Waals surface area contributed by atoms with Crippen molar-refractivity contribution < 1.29 is 9.59 Å². The summed E-state index contributed by atoms with van der Waals surface area (Å²) in [5.74, 6) is 0.0206. The van der Waals surface area contributed by atoms with Gasteiger partial charge in [-0.15, -0.1) is 11.3 Å². The first-order valence-corrected chi connectivity index (χ1v) is 7.42. The van der Waals surface area contributed by atoms with Crippen LogP contribution in [0.15, 0.2) is 6.20 Å². The number of hydrogen-bond donors (Lipinski definition) is 1. The molecule has 19 heavy (non-hydrogen) atoms. The minimum absolute atomic E-state index is 0.0465. The summed E-state index contributed by atoms with van der Waals surface area (Å²) in [6.45, 7) is 2.59. The fraction of sp³-hybridized carbons (Fsp3) is 0.615. The van der Waals surface area contributed by atoms with Crippen molar-refractivity contribution in [3.63, 3.8) is 0 Å². The average Bonchev–Trinajstić information content (AvgIpc) is 2.96. The van der Waals surface area contributed by atoms with Crippen molar-refractivity contribution in [3.05, 3.63) is 16.1 Å². The number of amides is 2. The molecule has 1 aliphatic carbocycles. The lowest BCUT2D eigenvalue weighted by Crippen LogP contribution is -2.65. The van der Waals surface area contributed by atoms with Crippen molar-refractivity contribution in [2.24, 2.45) is 0 Å². The van der Waals surface area contributed by atoms with Crippen LogP contribution in [-0.4, -0.2) is 33.8 Å². The molecule has 0 aromatic carbocycles. The Morgan fingerprint density at radius 1 is 1.42 bits per heavy atom. The third-order valence-corrected chi connectivity index (χ3v) is 4.76. The lowest BCUT2D eigenvalue weighted by Gasteiger charge is -2.39. The first kappa shape index (κ1) is 12.6. The van der Waals surface area contributed by atoms with Gasteiger partial charge in [-0.25, -0.2) is 4.98 Å². The molecule has 1 aliphatic heterocycles. The summed E-state index contributed by atoms with van der Waals surface area (Å²) >= 11 is 1.58. The van der Waals surface area contributed by atoms with Gasteiger partial charge in [0.25, 0.3) is 0 Å². The second-order valence-electron chi connectivity index (χ2n) is 5.36. The number of hydrogen-bond acceptors (Lipinski definition) is 4. The van der Waals surface area contributed by atoms with Crippen LogP contribution in [0.5, 0.6) is 0 Å². The molecule has 1 saturated heterocycles. The van der Waals surface area contributed by atoms with Crippen LogP contribution in [0.3, 0.4) is 0 Å². The molecule has 2 fully saturated rings. The van der Waals surface area contributed by atoms with Crippen molar-refractivity contribution in [2.45, 2.75) is 44.7 Å². The van der Waals surface area contributed by atoms with E-state index >= 15 is 0 Å². The lowest BCUT2D eigenvalue weighted by atomic mass is 9.93. The Bertz CT molecular complexity index is 520. The van der Waals surface area contributed by atoms with Crippen LogP contribution in [0.2, 0.25) is 0 Å². The van der Waals surface area contributed by atoms with Gasteiger partial charge in [-0.3, -0.25) is 9.59 Å². The van der Waals surface area contributed by atoms with Gasteiger partial charge in [0.2, 0.25) is 11.8 Å². The molecule has 2 amide bonds. The summed E-state index contributed by atoms with van der Waals surface area (Å²) in [5.41, 5.74) is -0.623. The first-order valence-electron chi connectivity index (χ1n) is 6.61. The number of aryl methyl sites for hydroxylation is 1. The van der Waals surface area contributed by atoms with Gasteiger partial charge in [0.05, 0.1) is 6.54 Å². The summed E-state index contributed by atoms with van der Waals surface area (Å²) in [7, 11) is 0. The van der Waals surface area contributed by atoms with Gasteiger partial charge < -0.3 is 10.2 Å². The maximum atomic E-state index is 12.6. The van der Waals surface area contributed by atoms with E-state index in [1.54, 1.807) is 22.4 Å². The van der Waals surface area contributed by atoms with E-state index in [9.17, 15) is 9.59 Å². The van der Waals surface area contributed by atoms with Crippen molar-refractivity contribution in [3.8, 4) is 0 Å². The zero-order valence-electron chi connectivity index (χ0n) is 10.9. The minimum Gasteiger partial charge on any atom is -0.340 e. The second-order valence-corrected chi connectivity index (χ2v) is 6.68. The van der Waals surface area contributed by atoms with Gasteiger partial charge in [-0.1, -0.05) is 12.8 Å². The van der Waals surface area contributed by atoms with E-state index in [4.69, 9.17) is 0 Å². The molecular formula is C13H17N3O2S. The lowest BCUT2D eigenvalue weighted by molar-refractivity contribution is -0.150. The van der Waals surface area contributed by atoms with Crippen LogP contribution >= 0.6 is 11.3 Å². The predicted molar refractivity (Wildman–Crippen MR) is 71.6 cm³/mol. The molecule has 2 heterocycles. The topological polar surface area (TPSA) is 62.3 Å². The van der Waals surface area contributed by atoms with Gasteiger partial charge in [-0.2, -0.15) is 0 Å². The van der Waals surface area contributed by atoms with E-state index in [1.807, 2.05) is 6.92 Å². The molecule has 0 unspecified atom stereocenters. The van der Waals surface area contributed by atoms with Crippen LogP contribution in [0.25, 0.3) is 0 Å². The van der Waals surface area contributed by atoms with Crippen molar-refractivity contribution in [1.29, 1.82) is 0 Å². The monoisotopic (exact) mass is 279 g/mol. The van der Waals surface area contributed by atoms with Crippen LogP contribution in [0, 0.1) is 6.92 Å². The quantitative estimate of drug-likeness (QED) is 0.885. The van der Waals surface area contributed by atoms with Gasteiger partial charge in [0, 0.05) is 11.1 Å². The van der Waals surface area contributed by atoms with E-state index in [0.717, 1.165) is 35.6 Å². The summed E-state index contributed by atoms with van der Waals surface area (Å²) in [5, 5.41) is 3.81. The van der Waals surface area contributed by atoms with Gasteiger partial charge in [0.1, 0.15) is 17.1 Å². The van der Waals surface area contributed by atoms with Gasteiger partial charge in [-0.05, 0) is 19.8 Å². The average molecular weight is 279 g/mol. The maximum Gasteiger partial charge on any atom is 0.249 e. The molecule has 6 heteroatoms. The Morgan fingerprint density at radius 2 is 2.16 bits per heavy atom. The van der Waals surface area contributed by atoms with E-state index in [-0.39, 0.29) is 18.4 Å². The number of rotatable bonds is 2. The van der Waals surface area contributed by atoms with E-state index < -0.39 is 5.54 Å². The first-order chi connectivity index (χ1) is 9.09. The Hall–Kier alpha value is -1.43. The molecule has 0 radical (unpaired) electrons. The third kappa shape index (κ3) is 2.25. The normalized spacial score (nSPS) is 22.1. The van der Waals surface area contributed by atoms with Gasteiger partial charge in [0.15, 0.2) is 0 Å². The highest BCUT2D eigenvalue weighted by molar-refractivity contribution is 7.11. The molecule has 1 spiro atoms. The maximum absolute atomic E-state index is 12.6. The van der Waals surface area contributed by atoms with E-state index in [0.29, 0.717) is 6.54 Å². The SMILES string of the molecule is Cc1cnc(CN2CC(=O)NC3(CCCC3)C2=O)s1. The zero-order chi connectivity index (χ0) is 13.5. The number of aromatic nitrogens is 1. The summed E-state index contributed by atoms with van der Waals surface area (Å²) in [6.07, 6.45) is 5.36. The summed E-state index contributed by atoms with van der Waals surface area (Å²) in [4.78, 5) is 31.5. The number of piperazine rings is 1. The molecule has 5 nitrogen and oxygen atoms in total. The molecule has 3 rings (SSSR count). The molecule has 1 saturated carbocycles. The predicted octanol–water partition coefficient (Wildman–Crippen LogP) is 1.22. The van der Waals surface area contributed by atoms with Crippen molar-refractivity contribution in [1.82, 2.24) is 15.2 Å². The molecule has 1 N–H and O–H groups in total. The number of carbonyl (C=O) groups excluding carboxylic acids is 2. The van der Waals surface area contributed by atoms with E-state index in [1.165, 1.54) is 0 Å². The fourth-order valence-corrected chi connectivity index (χ4v) is 3.79. The molecular weight excluding hydrogens is 262 g/mol. The molecule has 1 aromatic heterocycles. The highest BCUT2D eigenvalue weighted by Gasteiger charge is 2.48. The van der Waals surface area contributed by atoms with Crippen LogP contribution < -0.4 is 5.32 Å². The van der Waals surface area contributed by atoms with E-state index in [2.05, 4.69) is 10.3 Å². The second kappa shape index (κ2) is 4.59. The molecule has 1 aromatic rings. The number of thiazole rings is 1. The Balaban J connectivity index is 1.80. The van der Waals surface area contributed by atoms with Crippen molar-refractivity contribution in [2.75, 3.05) is 6.54 Å². The molecule has 0 atom stereocenters. The zero-order valence-corrected chi connectivity index (χ0v) is 11.8. The summed E-state index contributed by atoms with van der Waals surface area (Å²) in [6, 6.07) is 0. The highest BCUT2D eigenvalue weighted by atomic mass is 32.1. The highest BCUT2D eigenvalue weighted by Crippen LogP contribution is 2.33. The fourth-order valence-electron chi connectivity index (χ4n) is 2.99. The smallest absolute Gasteiger partial charge is 0.249 e. The Kier molecular flexibility index (Phi) is 3.05. The molecule has 0 bridgehead atoms. The Labute approximate surface area is 116 Å². The van der Waals surface area contributed by atoms with Crippen LogP contribution in [0.4, 0.5) is 0 Å². The number of nitrogens with one attached hydrogen (secondary N) is 1. The van der Waals surface area contributed by atoms with Crippen LogP contribution in [0.1, 0.15) is 35.6 Å². The molecule has 102 valence electrons. The number of nitrogens with zero attached hydrogens (tertiary/aromatic N) is 2. The largest absolute Gasteiger partial charge is 0.340 e. The summed E-state index contributed by atoms with van der Waals surface area (Å²) < 4.78 is 0. The number of carbonyl (C=O) groups is 2. The Morgan fingerprint density at radius 3 is 2.79 bits per heavy atom. The molecule has 2 aliphatic rings. The van der Waals surface area contributed by atoms with Gasteiger partial charge >= 0.3 is 0 Å². The minimum atomic E-state index is -0.623. The van der Waals surface area contributed by atoms with Crippen LogP contribution in [-0.2, 0) is 16.1 Å². The third-order valence-electron chi connectivity index (χ3n) is 3.86. The van der Waals surface area contributed by atoms with Crippen molar-refractivity contribution >= 4 is 23.2 Å². The standard InChI is InChI=1S/C13H17N3O2S/c1-9-6-14-11(19-9)8-16-7-10(17)15-13(12(16)18)4-2-3-5-13/h6H,2-5,7-8H2,1H3,(H,15,17).